The topological polar surface area (TPSA) is 6.48 Å². The molecule has 20 heavy (non-hydrogen) atoms. The molecule has 0 spiro atoms. The van der Waals surface area contributed by atoms with Crippen LogP contribution < -0.4 is 4.90 Å². The number of hydrogen-bond donors (Lipinski definition) is 0. The van der Waals surface area contributed by atoms with Crippen molar-refractivity contribution in [3.63, 3.8) is 0 Å². The van der Waals surface area contributed by atoms with E-state index < -0.39 is 0 Å². The molecule has 0 unspecified atom stereocenters. The van der Waals surface area contributed by atoms with E-state index in [4.69, 9.17) is 0 Å². The summed E-state index contributed by atoms with van der Waals surface area (Å²) >= 11 is 0. The van der Waals surface area contributed by atoms with Gasteiger partial charge < -0.3 is 4.90 Å². The molecule has 2 aliphatic rings. The summed E-state index contributed by atoms with van der Waals surface area (Å²) in [6.07, 6.45) is 5.71. The maximum absolute atomic E-state index is 2.75. The lowest BCUT2D eigenvalue weighted by molar-refractivity contribution is 0.133. The van der Waals surface area contributed by atoms with Crippen molar-refractivity contribution in [1.29, 1.82) is 0 Å². The average molecular weight is 272 g/mol. The first-order valence-corrected chi connectivity index (χ1v) is 8.28. The Bertz CT molecular complexity index is 410. The molecule has 1 saturated heterocycles. The van der Waals surface area contributed by atoms with E-state index in [1.807, 2.05) is 0 Å². The zero-order valence-electron chi connectivity index (χ0n) is 13.0. The average Bonchev–Trinajstić information content (AvgIpc) is 2.49. The molecule has 1 aromatic carbocycles. The van der Waals surface area contributed by atoms with Crippen molar-refractivity contribution >= 4 is 5.69 Å². The highest BCUT2D eigenvalue weighted by Gasteiger charge is 2.26. The summed E-state index contributed by atoms with van der Waals surface area (Å²) in [6.45, 7) is 9.43. The Balaban J connectivity index is 1.53. The Hall–Kier alpha value is -1.02. The summed E-state index contributed by atoms with van der Waals surface area (Å²) in [5.74, 6) is 0.958. The maximum atomic E-state index is 2.75. The lowest BCUT2D eigenvalue weighted by atomic mass is 9.86. The zero-order chi connectivity index (χ0) is 13.9. The molecule has 3 rings (SSSR count). The zero-order valence-corrected chi connectivity index (χ0v) is 13.0. The van der Waals surface area contributed by atoms with Crippen LogP contribution >= 0.6 is 0 Å². The Kier molecular flexibility index (Phi) is 4.30. The molecule has 2 nitrogen and oxygen atoms in total. The van der Waals surface area contributed by atoms with E-state index in [-0.39, 0.29) is 0 Å². The van der Waals surface area contributed by atoms with Gasteiger partial charge in [-0.1, -0.05) is 24.6 Å². The third kappa shape index (κ3) is 3.17. The van der Waals surface area contributed by atoms with E-state index >= 15 is 0 Å². The van der Waals surface area contributed by atoms with E-state index in [0.29, 0.717) is 0 Å². The van der Waals surface area contributed by atoms with Gasteiger partial charge in [-0.25, -0.2) is 0 Å². The minimum absolute atomic E-state index is 0.867. The van der Waals surface area contributed by atoms with E-state index in [1.54, 1.807) is 0 Å². The van der Waals surface area contributed by atoms with Gasteiger partial charge in [0.2, 0.25) is 0 Å². The second-order valence-corrected chi connectivity index (χ2v) is 6.77. The number of piperazine rings is 1. The van der Waals surface area contributed by atoms with Crippen molar-refractivity contribution < 1.29 is 0 Å². The van der Waals surface area contributed by atoms with Crippen molar-refractivity contribution in [2.24, 2.45) is 5.92 Å². The first-order chi connectivity index (χ1) is 9.72. The number of aryl methyl sites for hydroxylation is 1. The third-order valence-electron chi connectivity index (χ3n) is 5.22. The quantitative estimate of drug-likeness (QED) is 0.810. The van der Waals surface area contributed by atoms with Crippen LogP contribution in [0.25, 0.3) is 0 Å². The van der Waals surface area contributed by atoms with E-state index in [1.165, 1.54) is 63.1 Å². The van der Waals surface area contributed by atoms with Gasteiger partial charge in [0, 0.05) is 37.9 Å². The Morgan fingerprint density at radius 3 is 2.05 bits per heavy atom. The molecular formula is C18H28N2. The van der Waals surface area contributed by atoms with Crippen LogP contribution in [0.4, 0.5) is 5.69 Å². The molecule has 110 valence electrons. The standard InChI is InChI=1S/C18H28N2/c1-15-3-7-17(8-4-15)19-11-13-20(14-12-19)18-9-5-16(2)6-10-18/h3-4,7-8,16,18H,5-6,9-14H2,1-2H3. The van der Waals surface area contributed by atoms with Gasteiger partial charge in [0.25, 0.3) is 0 Å². The van der Waals surface area contributed by atoms with E-state index in [0.717, 1.165) is 12.0 Å². The summed E-state index contributed by atoms with van der Waals surface area (Å²) in [5, 5.41) is 0. The first kappa shape index (κ1) is 13.9. The minimum Gasteiger partial charge on any atom is -0.369 e. The minimum atomic E-state index is 0.867. The van der Waals surface area contributed by atoms with Crippen molar-refractivity contribution in [2.45, 2.75) is 45.6 Å². The number of nitrogens with zero attached hydrogens (tertiary/aromatic N) is 2. The summed E-state index contributed by atoms with van der Waals surface area (Å²) in [7, 11) is 0. The molecule has 0 amide bonds. The van der Waals surface area contributed by atoms with Gasteiger partial charge in [-0.2, -0.15) is 0 Å². The van der Waals surface area contributed by atoms with Gasteiger partial charge in [0.1, 0.15) is 0 Å². The molecule has 2 heteroatoms. The highest BCUT2D eigenvalue weighted by molar-refractivity contribution is 5.47. The van der Waals surface area contributed by atoms with Gasteiger partial charge in [-0.05, 0) is 50.7 Å². The molecule has 0 atom stereocenters. The van der Waals surface area contributed by atoms with Crippen LogP contribution in [0.3, 0.4) is 0 Å². The van der Waals surface area contributed by atoms with Gasteiger partial charge >= 0.3 is 0 Å². The SMILES string of the molecule is Cc1ccc(N2CCN(C3CCC(C)CC3)CC2)cc1. The van der Waals surface area contributed by atoms with Crippen LogP contribution in [0.1, 0.15) is 38.2 Å². The molecule has 0 aromatic heterocycles. The Morgan fingerprint density at radius 1 is 0.850 bits per heavy atom. The monoisotopic (exact) mass is 272 g/mol. The molecule has 2 fully saturated rings. The molecule has 0 bridgehead atoms. The molecular weight excluding hydrogens is 244 g/mol. The molecule has 1 aliphatic carbocycles. The summed E-state index contributed by atoms with van der Waals surface area (Å²) in [6, 6.07) is 9.86. The fourth-order valence-electron chi connectivity index (χ4n) is 3.71. The van der Waals surface area contributed by atoms with E-state index in [2.05, 4.69) is 47.9 Å². The van der Waals surface area contributed by atoms with Gasteiger partial charge in [0.05, 0.1) is 0 Å². The highest BCUT2D eigenvalue weighted by atomic mass is 15.3. The van der Waals surface area contributed by atoms with Crippen LogP contribution in [-0.2, 0) is 0 Å². The summed E-state index contributed by atoms with van der Waals surface area (Å²) < 4.78 is 0. The molecule has 0 N–H and O–H groups in total. The van der Waals surface area contributed by atoms with Crippen LogP contribution in [0.2, 0.25) is 0 Å². The fraction of sp³-hybridized carbons (Fsp3) is 0.667. The Labute approximate surface area is 123 Å². The second-order valence-electron chi connectivity index (χ2n) is 6.77. The largest absolute Gasteiger partial charge is 0.369 e. The number of hydrogen-bond acceptors (Lipinski definition) is 2. The van der Waals surface area contributed by atoms with Crippen molar-refractivity contribution in [3.8, 4) is 0 Å². The second kappa shape index (κ2) is 6.17. The van der Waals surface area contributed by atoms with Crippen molar-refractivity contribution in [2.75, 3.05) is 31.1 Å². The van der Waals surface area contributed by atoms with Gasteiger partial charge in [-0.3, -0.25) is 4.90 Å². The van der Waals surface area contributed by atoms with Crippen LogP contribution in [0.15, 0.2) is 24.3 Å². The number of anilines is 1. The first-order valence-electron chi connectivity index (χ1n) is 8.28. The van der Waals surface area contributed by atoms with Crippen LogP contribution in [0.5, 0.6) is 0 Å². The van der Waals surface area contributed by atoms with Crippen molar-refractivity contribution in [1.82, 2.24) is 4.90 Å². The van der Waals surface area contributed by atoms with Crippen molar-refractivity contribution in [3.05, 3.63) is 29.8 Å². The molecule has 1 heterocycles. The molecule has 1 aliphatic heterocycles. The predicted molar refractivity (Wildman–Crippen MR) is 86.4 cm³/mol. The highest BCUT2D eigenvalue weighted by Crippen LogP contribution is 2.28. The fourth-order valence-corrected chi connectivity index (χ4v) is 3.71. The predicted octanol–water partition coefficient (Wildman–Crippen LogP) is 3.70. The normalized spacial score (nSPS) is 28.6. The number of rotatable bonds is 2. The van der Waals surface area contributed by atoms with Gasteiger partial charge in [0.15, 0.2) is 0 Å². The third-order valence-corrected chi connectivity index (χ3v) is 5.22. The molecule has 1 saturated carbocycles. The lowest BCUT2D eigenvalue weighted by Gasteiger charge is -2.42. The Morgan fingerprint density at radius 2 is 1.45 bits per heavy atom. The molecule has 0 radical (unpaired) electrons. The van der Waals surface area contributed by atoms with Crippen LogP contribution in [0, 0.1) is 12.8 Å². The molecule has 1 aromatic rings. The summed E-state index contributed by atoms with van der Waals surface area (Å²) in [5.41, 5.74) is 2.75. The smallest absolute Gasteiger partial charge is 0.0367 e. The van der Waals surface area contributed by atoms with Gasteiger partial charge in [-0.15, -0.1) is 0 Å². The van der Waals surface area contributed by atoms with Crippen LogP contribution in [-0.4, -0.2) is 37.1 Å². The summed E-state index contributed by atoms with van der Waals surface area (Å²) in [4.78, 5) is 5.29. The van der Waals surface area contributed by atoms with E-state index in [9.17, 15) is 0 Å². The number of benzene rings is 1. The lowest BCUT2D eigenvalue weighted by Crippen LogP contribution is -2.51. The maximum Gasteiger partial charge on any atom is 0.0367 e.